The lowest BCUT2D eigenvalue weighted by atomic mass is 10.2. The summed E-state index contributed by atoms with van der Waals surface area (Å²) in [6, 6.07) is 6.11. The molecule has 5 aromatic rings. The maximum absolute atomic E-state index is 14.8. The topological polar surface area (TPSA) is 133 Å². The lowest BCUT2D eigenvalue weighted by Gasteiger charge is -2.37. The van der Waals surface area contributed by atoms with Gasteiger partial charge in [-0.15, -0.1) is 5.10 Å². The molecule has 7 rings (SSSR count). The Hall–Kier alpha value is -3.95. The summed E-state index contributed by atoms with van der Waals surface area (Å²) < 4.78 is 49.9. The van der Waals surface area contributed by atoms with Gasteiger partial charge in [-0.05, 0) is 18.2 Å². The average molecular weight is 583 g/mol. The monoisotopic (exact) mass is 582 g/mol. The van der Waals surface area contributed by atoms with Gasteiger partial charge in [0.15, 0.2) is 17.1 Å². The highest BCUT2D eigenvalue weighted by Crippen LogP contribution is 2.31. The van der Waals surface area contributed by atoms with Crippen LogP contribution in [0.5, 0.6) is 0 Å². The third-order valence-corrected chi connectivity index (χ3v) is 8.99. The van der Waals surface area contributed by atoms with Crippen LogP contribution in [-0.4, -0.2) is 96.1 Å². The third-order valence-electron chi connectivity index (χ3n) is 7.71. The summed E-state index contributed by atoms with van der Waals surface area (Å²) >= 11 is -0.874. The normalized spacial score (nSPS) is 17.3. The summed E-state index contributed by atoms with van der Waals surface area (Å²) in [7, 11) is 0. The van der Waals surface area contributed by atoms with E-state index in [-0.39, 0.29) is 5.95 Å². The van der Waals surface area contributed by atoms with E-state index in [0.29, 0.717) is 98.1 Å². The van der Waals surface area contributed by atoms with Gasteiger partial charge in [0.2, 0.25) is 11.8 Å². The number of furan rings is 1. The van der Waals surface area contributed by atoms with Crippen LogP contribution in [0.4, 0.5) is 26.1 Å². The van der Waals surface area contributed by atoms with E-state index >= 15 is 0 Å². The second kappa shape index (κ2) is 10.5. The first-order valence-corrected chi connectivity index (χ1v) is 14.9. The highest BCUT2D eigenvalue weighted by molar-refractivity contribution is 7.91. The van der Waals surface area contributed by atoms with Gasteiger partial charge in [-0.3, -0.25) is 4.90 Å². The van der Waals surface area contributed by atoms with Crippen LogP contribution in [0.1, 0.15) is 0 Å². The highest BCUT2D eigenvalue weighted by atomic mass is 32.2. The Balaban J connectivity index is 1.02. The lowest BCUT2D eigenvalue weighted by Crippen LogP contribution is -2.47. The molecule has 2 saturated heterocycles. The highest BCUT2D eigenvalue weighted by Gasteiger charge is 2.26. The van der Waals surface area contributed by atoms with Gasteiger partial charge in [0.25, 0.3) is 0 Å². The number of aromatic nitrogens is 6. The number of nitrogens with two attached hydrogens (primary N) is 1. The first-order valence-electron chi connectivity index (χ1n) is 13.4. The third kappa shape index (κ3) is 4.83. The molecule has 0 radical (unpaired) electrons. The molecular formula is C26H28F2N10O2S. The van der Waals surface area contributed by atoms with Gasteiger partial charge in [0, 0.05) is 38.8 Å². The standard InChI is InChI=1S/C26H28F2N10O2S/c27-18-14-19(28)21(36-9-12-41(39)13-10-36)15-20(18)35-6-3-34(4-7-35)5-8-37-24-17(16-30-37)25-31-23(22-2-1-11-40-22)33-38(25)26(29)32-24/h1-2,11,14-16H,3-10,12-13H2,(H2,29,32). The summed E-state index contributed by atoms with van der Waals surface area (Å²) in [5, 5.41) is 9.69. The quantitative estimate of drug-likeness (QED) is 0.296. The molecular weight excluding hydrogens is 554 g/mol. The van der Waals surface area contributed by atoms with Crippen molar-refractivity contribution in [3.8, 4) is 11.6 Å². The molecule has 2 fully saturated rings. The van der Waals surface area contributed by atoms with E-state index in [1.165, 1.54) is 4.52 Å². The van der Waals surface area contributed by atoms with Crippen LogP contribution in [0, 0.1) is 11.6 Å². The number of hydrogen-bond donors (Lipinski definition) is 1. The average Bonchev–Trinajstić information content (AvgIpc) is 3.73. The SMILES string of the molecule is Nc1nc2c(cnn2CCN2CCN(c3cc(N4CC[S+]([O-])CC4)c(F)cc3F)CC2)c2nc(-c3ccco3)nn12. The molecule has 2 N–H and O–H groups in total. The van der Waals surface area contributed by atoms with Gasteiger partial charge in [0.1, 0.15) is 23.1 Å². The number of nitrogens with zero attached hydrogens (tertiary/aromatic N) is 9. The van der Waals surface area contributed by atoms with E-state index in [1.807, 2.05) is 9.80 Å². The molecule has 6 heterocycles. The van der Waals surface area contributed by atoms with Crippen molar-refractivity contribution in [2.45, 2.75) is 6.54 Å². The molecule has 0 unspecified atom stereocenters. The molecule has 41 heavy (non-hydrogen) atoms. The first kappa shape index (κ1) is 26.0. The van der Waals surface area contributed by atoms with Crippen molar-refractivity contribution in [1.82, 2.24) is 34.3 Å². The van der Waals surface area contributed by atoms with Crippen LogP contribution >= 0.6 is 0 Å². The molecule has 2 aliphatic rings. The maximum Gasteiger partial charge on any atom is 0.225 e. The Bertz CT molecular complexity index is 1690. The molecule has 0 spiro atoms. The fourth-order valence-electron chi connectivity index (χ4n) is 5.47. The molecule has 0 saturated carbocycles. The fraction of sp³-hybridized carbons (Fsp3) is 0.385. The van der Waals surface area contributed by atoms with Crippen LogP contribution in [0.15, 0.2) is 41.1 Å². The van der Waals surface area contributed by atoms with E-state index in [1.54, 1.807) is 35.3 Å². The lowest BCUT2D eigenvalue weighted by molar-refractivity contribution is 0.245. The van der Waals surface area contributed by atoms with Crippen LogP contribution in [0.3, 0.4) is 0 Å². The smallest absolute Gasteiger partial charge is 0.225 e. The first-order chi connectivity index (χ1) is 19.9. The molecule has 1 aromatic carbocycles. The molecule has 0 bridgehead atoms. The van der Waals surface area contributed by atoms with E-state index < -0.39 is 22.8 Å². The van der Waals surface area contributed by atoms with Crippen LogP contribution in [-0.2, 0) is 17.7 Å². The number of fused-ring (bicyclic) bond motifs is 3. The number of rotatable bonds is 6. The van der Waals surface area contributed by atoms with Crippen LogP contribution < -0.4 is 15.5 Å². The van der Waals surface area contributed by atoms with E-state index in [2.05, 4.69) is 25.1 Å². The zero-order valence-corrected chi connectivity index (χ0v) is 22.9. The number of benzene rings is 1. The molecule has 4 aromatic heterocycles. The van der Waals surface area contributed by atoms with Crippen molar-refractivity contribution in [3.63, 3.8) is 0 Å². The minimum atomic E-state index is -0.874. The van der Waals surface area contributed by atoms with Gasteiger partial charge < -0.3 is 24.5 Å². The number of nitrogen functional groups attached to an aromatic ring is 1. The summed E-state index contributed by atoms with van der Waals surface area (Å²) in [4.78, 5) is 15.2. The Kier molecular flexibility index (Phi) is 6.63. The minimum absolute atomic E-state index is 0.201. The van der Waals surface area contributed by atoms with Crippen LogP contribution in [0.2, 0.25) is 0 Å². The van der Waals surface area contributed by atoms with E-state index in [9.17, 15) is 13.3 Å². The number of halogens is 2. The number of anilines is 3. The van der Waals surface area contributed by atoms with Gasteiger partial charge >= 0.3 is 0 Å². The molecule has 12 nitrogen and oxygen atoms in total. The summed E-state index contributed by atoms with van der Waals surface area (Å²) in [6.07, 6.45) is 3.27. The fourth-order valence-corrected chi connectivity index (χ4v) is 6.52. The number of piperazine rings is 1. The van der Waals surface area contributed by atoms with Crippen molar-refractivity contribution in [2.24, 2.45) is 0 Å². The maximum atomic E-state index is 14.8. The van der Waals surface area contributed by atoms with Crippen molar-refractivity contribution < 1.29 is 17.8 Å². The van der Waals surface area contributed by atoms with Gasteiger partial charge in [-0.25, -0.2) is 18.4 Å². The molecule has 15 heteroatoms. The van der Waals surface area contributed by atoms with Crippen molar-refractivity contribution >= 4 is 45.2 Å². The minimum Gasteiger partial charge on any atom is -0.616 e. The van der Waals surface area contributed by atoms with E-state index in [4.69, 9.17) is 10.2 Å². The molecule has 0 amide bonds. The second-order valence-electron chi connectivity index (χ2n) is 10.1. The predicted molar refractivity (Wildman–Crippen MR) is 151 cm³/mol. The summed E-state index contributed by atoms with van der Waals surface area (Å²) in [5.41, 5.74) is 8.15. The van der Waals surface area contributed by atoms with Gasteiger partial charge in [0.05, 0.1) is 48.9 Å². The zero-order chi connectivity index (χ0) is 28.1. The van der Waals surface area contributed by atoms with Crippen molar-refractivity contribution in [2.75, 3.05) is 72.9 Å². The summed E-state index contributed by atoms with van der Waals surface area (Å²) in [6.45, 7) is 4.92. The summed E-state index contributed by atoms with van der Waals surface area (Å²) in [5.74, 6) is 0.989. The van der Waals surface area contributed by atoms with Gasteiger partial charge in [-0.1, -0.05) is 11.2 Å². The Morgan fingerprint density at radius 1 is 0.927 bits per heavy atom. The van der Waals surface area contributed by atoms with Crippen molar-refractivity contribution in [1.29, 1.82) is 0 Å². The molecule has 214 valence electrons. The zero-order valence-electron chi connectivity index (χ0n) is 22.1. The Labute approximate surface area is 236 Å². The largest absolute Gasteiger partial charge is 0.616 e. The van der Waals surface area contributed by atoms with Crippen molar-refractivity contribution in [3.05, 3.63) is 48.4 Å². The Morgan fingerprint density at radius 3 is 2.37 bits per heavy atom. The van der Waals surface area contributed by atoms with Gasteiger partial charge in [-0.2, -0.15) is 14.6 Å². The van der Waals surface area contributed by atoms with E-state index in [0.717, 1.165) is 11.5 Å². The molecule has 0 aliphatic carbocycles. The molecule has 2 aliphatic heterocycles. The molecule has 0 atom stereocenters. The predicted octanol–water partition coefficient (Wildman–Crippen LogP) is 1.99. The van der Waals surface area contributed by atoms with Crippen LogP contribution in [0.25, 0.3) is 28.3 Å². The number of hydrogen-bond acceptors (Lipinski definition) is 10. The Morgan fingerprint density at radius 2 is 1.66 bits per heavy atom. The second-order valence-corrected chi connectivity index (χ2v) is 11.8.